The number of hydrogen-bond donors (Lipinski definition) is 2. The Labute approximate surface area is 96.3 Å². The summed E-state index contributed by atoms with van der Waals surface area (Å²) in [7, 11) is 0. The summed E-state index contributed by atoms with van der Waals surface area (Å²) >= 11 is 0. The van der Waals surface area contributed by atoms with Crippen molar-refractivity contribution in [1.82, 2.24) is 10.3 Å². The second-order valence-corrected chi connectivity index (χ2v) is 4.15. The quantitative estimate of drug-likeness (QED) is 0.801. The Bertz CT molecular complexity index is 378. The van der Waals surface area contributed by atoms with Gasteiger partial charge in [0.1, 0.15) is 0 Å². The molecule has 0 spiro atoms. The van der Waals surface area contributed by atoms with Gasteiger partial charge in [0.2, 0.25) is 5.91 Å². The number of carbonyl (C=O) groups is 1. The van der Waals surface area contributed by atoms with Crippen LogP contribution in [0.1, 0.15) is 35.5 Å². The topological polar surface area (TPSA) is 68.0 Å². The molecule has 0 aliphatic carbocycles. The number of nitrogens with two attached hydrogens (primary N) is 1. The zero-order valence-electron chi connectivity index (χ0n) is 10.3. The van der Waals surface area contributed by atoms with Crippen LogP contribution in [-0.4, -0.2) is 17.4 Å². The highest BCUT2D eigenvalue weighted by molar-refractivity contribution is 5.75. The Morgan fingerprint density at radius 2 is 2.12 bits per heavy atom. The lowest BCUT2D eigenvalue weighted by molar-refractivity contribution is -0.117. The molecule has 1 unspecified atom stereocenters. The number of rotatable bonds is 4. The standard InChI is InChI=1S/C12H19N3O/c1-7-5-8(2)15-10(4)12(7)9(3)14-6-11(13)16/h5,9,14H,6H2,1-4H3,(H2,13,16). The first-order valence-corrected chi connectivity index (χ1v) is 5.38. The molecule has 1 aromatic heterocycles. The Hall–Kier alpha value is -1.42. The average molecular weight is 221 g/mol. The molecular formula is C12H19N3O. The molecule has 88 valence electrons. The van der Waals surface area contributed by atoms with Gasteiger partial charge in [-0.05, 0) is 44.9 Å². The summed E-state index contributed by atoms with van der Waals surface area (Å²) in [6, 6.07) is 2.13. The van der Waals surface area contributed by atoms with Gasteiger partial charge >= 0.3 is 0 Å². The Balaban J connectivity index is 2.90. The predicted molar refractivity (Wildman–Crippen MR) is 64.1 cm³/mol. The van der Waals surface area contributed by atoms with Crippen molar-refractivity contribution in [3.63, 3.8) is 0 Å². The molecule has 1 atom stereocenters. The Morgan fingerprint density at radius 1 is 1.50 bits per heavy atom. The van der Waals surface area contributed by atoms with Gasteiger partial charge < -0.3 is 11.1 Å². The highest BCUT2D eigenvalue weighted by Crippen LogP contribution is 2.20. The van der Waals surface area contributed by atoms with Crippen molar-refractivity contribution in [3.8, 4) is 0 Å². The van der Waals surface area contributed by atoms with Gasteiger partial charge in [0.15, 0.2) is 0 Å². The molecular weight excluding hydrogens is 202 g/mol. The first-order chi connectivity index (χ1) is 7.41. The molecule has 1 rings (SSSR count). The summed E-state index contributed by atoms with van der Waals surface area (Å²) in [6.07, 6.45) is 0. The molecule has 0 fully saturated rings. The van der Waals surface area contributed by atoms with Crippen molar-refractivity contribution in [2.75, 3.05) is 6.54 Å². The molecule has 4 nitrogen and oxygen atoms in total. The van der Waals surface area contributed by atoms with Crippen LogP contribution in [0.2, 0.25) is 0 Å². The number of amides is 1. The van der Waals surface area contributed by atoms with Crippen LogP contribution in [0.5, 0.6) is 0 Å². The molecule has 0 aromatic carbocycles. The van der Waals surface area contributed by atoms with Gasteiger partial charge in [-0.25, -0.2) is 0 Å². The van der Waals surface area contributed by atoms with E-state index in [4.69, 9.17) is 5.73 Å². The minimum Gasteiger partial charge on any atom is -0.369 e. The third-order valence-corrected chi connectivity index (χ3v) is 2.60. The van der Waals surface area contributed by atoms with Gasteiger partial charge in [0.05, 0.1) is 6.54 Å². The lowest BCUT2D eigenvalue weighted by Gasteiger charge is -2.18. The van der Waals surface area contributed by atoms with E-state index >= 15 is 0 Å². The zero-order valence-corrected chi connectivity index (χ0v) is 10.3. The minimum atomic E-state index is -0.345. The van der Waals surface area contributed by atoms with E-state index in [9.17, 15) is 4.79 Å². The van der Waals surface area contributed by atoms with Crippen molar-refractivity contribution in [2.24, 2.45) is 5.73 Å². The molecule has 0 saturated carbocycles. The van der Waals surface area contributed by atoms with E-state index in [1.165, 1.54) is 5.56 Å². The number of pyridine rings is 1. The third-order valence-electron chi connectivity index (χ3n) is 2.60. The summed E-state index contributed by atoms with van der Waals surface area (Å²) in [4.78, 5) is 15.1. The molecule has 0 saturated heterocycles. The maximum atomic E-state index is 10.7. The van der Waals surface area contributed by atoms with Crippen molar-refractivity contribution in [2.45, 2.75) is 33.7 Å². The third kappa shape index (κ3) is 3.03. The number of nitrogens with one attached hydrogen (secondary N) is 1. The van der Waals surface area contributed by atoms with Crippen LogP contribution >= 0.6 is 0 Å². The molecule has 1 amide bonds. The second-order valence-electron chi connectivity index (χ2n) is 4.15. The van der Waals surface area contributed by atoms with E-state index in [1.54, 1.807) is 0 Å². The maximum Gasteiger partial charge on any atom is 0.231 e. The SMILES string of the molecule is Cc1cc(C)c(C(C)NCC(N)=O)c(C)n1. The van der Waals surface area contributed by atoms with Crippen molar-refractivity contribution in [1.29, 1.82) is 0 Å². The lowest BCUT2D eigenvalue weighted by Crippen LogP contribution is -2.31. The Morgan fingerprint density at radius 3 is 2.62 bits per heavy atom. The monoisotopic (exact) mass is 221 g/mol. The van der Waals surface area contributed by atoms with Gasteiger partial charge in [-0.15, -0.1) is 0 Å². The summed E-state index contributed by atoms with van der Waals surface area (Å²) < 4.78 is 0. The van der Waals surface area contributed by atoms with Crippen molar-refractivity contribution < 1.29 is 4.79 Å². The van der Waals surface area contributed by atoms with E-state index in [-0.39, 0.29) is 18.5 Å². The molecule has 1 heterocycles. The maximum absolute atomic E-state index is 10.7. The fourth-order valence-electron chi connectivity index (χ4n) is 2.04. The van der Waals surface area contributed by atoms with Crippen LogP contribution in [0.15, 0.2) is 6.07 Å². The molecule has 4 heteroatoms. The van der Waals surface area contributed by atoms with Gasteiger partial charge in [-0.1, -0.05) is 0 Å². The molecule has 0 aliphatic rings. The van der Waals surface area contributed by atoms with E-state index in [2.05, 4.69) is 17.2 Å². The smallest absolute Gasteiger partial charge is 0.231 e. The van der Waals surface area contributed by atoms with E-state index in [0.717, 1.165) is 17.0 Å². The first kappa shape index (κ1) is 12.6. The number of aryl methyl sites for hydroxylation is 3. The van der Waals surface area contributed by atoms with Crippen LogP contribution in [0.25, 0.3) is 0 Å². The molecule has 1 aromatic rings. The van der Waals surface area contributed by atoms with Gasteiger partial charge in [0.25, 0.3) is 0 Å². The zero-order chi connectivity index (χ0) is 12.3. The largest absolute Gasteiger partial charge is 0.369 e. The lowest BCUT2D eigenvalue weighted by atomic mass is 10.0. The predicted octanol–water partition coefficient (Wildman–Crippen LogP) is 1.14. The number of primary amides is 1. The normalized spacial score (nSPS) is 12.5. The van der Waals surface area contributed by atoms with Crippen LogP contribution in [0.4, 0.5) is 0 Å². The summed E-state index contributed by atoms with van der Waals surface area (Å²) in [6.45, 7) is 8.21. The molecule has 16 heavy (non-hydrogen) atoms. The van der Waals surface area contributed by atoms with Crippen LogP contribution in [-0.2, 0) is 4.79 Å². The first-order valence-electron chi connectivity index (χ1n) is 5.38. The molecule has 0 aliphatic heterocycles. The average Bonchev–Trinajstić information content (AvgIpc) is 2.12. The second kappa shape index (κ2) is 5.07. The molecule has 0 bridgehead atoms. The Kier molecular flexibility index (Phi) is 4.01. The van der Waals surface area contributed by atoms with Crippen molar-refractivity contribution >= 4 is 5.91 Å². The highest BCUT2D eigenvalue weighted by Gasteiger charge is 2.12. The highest BCUT2D eigenvalue weighted by atomic mass is 16.1. The summed E-state index contributed by atoms with van der Waals surface area (Å²) in [5.74, 6) is -0.345. The van der Waals surface area contributed by atoms with Crippen LogP contribution in [0, 0.1) is 20.8 Å². The van der Waals surface area contributed by atoms with E-state index in [1.807, 2.05) is 26.8 Å². The summed E-state index contributed by atoms with van der Waals surface area (Å²) in [5, 5.41) is 3.08. The van der Waals surface area contributed by atoms with E-state index < -0.39 is 0 Å². The van der Waals surface area contributed by atoms with E-state index in [0.29, 0.717) is 0 Å². The van der Waals surface area contributed by atoms with Crippen LogP contribution in [0.3, 0.4) is 0 Å². The number of carbonyl (C=O) groups excluding carboxylic acids is 1. The number of aromatic nitrogens is 1. The van der Waals surface area contributed by atoms with Crippen molar-refractivity contribution in [3.05, 3.63) is 28.6 Å². The number of nitrogens with zero attached hydrogens (tertiary/aromatic N) is 1. The molecule has 0 radical (unpaired) electrons. The minimum absolute atomic E-state index is 0.0839. The fraction of sp³-hybridized carbons (Fsp3) is 0.500. The van der Waals surface area contributed by atoms with Crippen LogP contribution < -0.4 is 11.1 Å². The molecule has 3 N–H and O–H groups in total. The summed E-state index contributed by atoms with van der Waals surface area (Å²) in [5.41, 5.74) is 9.45. The van der Waals surface area contributed by atoms with Gasteiger partial charge in [-0.3, -0.25) is 9.78 Å². The van der Waals surface area contributed by atoms with Gasteiger partial charge in [0, 0.05) is 17.4 Å². The fourth-order valence-corrected chi connectivity index (χ4v) is 2.04. The van der Waals surface area contributed by atoms with Gasteiger partial charge in [-0.2, -0.15) is 0 Å². The number of hydrogen-bond acceptors (Lipinski definition) is 3.